The average molecular weight is 352 g/mol. The molecule has 2 heterocycles. The van der Waals surface area contributed by atoms with E-state index in [-0.39, 0.29) is 17.8 Å². The maximum Gasteiger partial charge on any atom is 0.336 e. The Labute approximate surface area is 151 Å². The quantitative estimate of drug-likeness (QED) is 0.732. The van der Waals surface area contributed by atoms with E-state index in [0.717, 1.165) is 30.6 Å². The van der Waals surface area contributed by atoms with E-state index in [1.54, 1.807) is 17.0 Å². The second-order valence-electron chi connectivity index (χ2n) is 6.21. The number of ether oxygens (including phenoxy) is 1. The predicted molar refractivity (Wildman–Crippen MR) is 96.2 cm³/mol. The molecule has 1 amide bonds. The molecule has 7 heteroatoms. The van der Waals surface area contributed by atoms with E-state index < -0.39 is 0 Å². The number of nitrogens with zero attached hydrogens (tertiary/aromatic N) is 3. The van der Waals surface area contributed by atoms with Crippen molar-refractivity contribution in [1.82, 2.24) is 14.8 Å². The molecule has 1 N–H and O–H groups in total. The Kier molecular flexibility index (Phi) is 4.43. The molecule has 0 saturated heterocycles. The molecule has 3 aromatic rings. The molecule has 0 aliphatic heterocycles. The molecular weight excluding hydrogens is 332 g/mol. The lowest BCUT2D eigenvalue weighted by Gasteiger charge is -2.24. The van der Waals surface area contributed by atoms with Crippen LogP contribution in [-0.2, 0) is 4.79 Å². The summed E-state index contributed by atoms with van der Waals surface area (Å²) in [5.74, 6) is 1.34. The molecule has 1 aliphatic rings. The van der Waals surface area contributed by atoms with Gasteiger partial charge in [0, 0.05) is 11.6 Å². The summed E-state index contributed by atoms with van der Waals surface area (Å²) in [5.41, 5.74) is 1.50. The van der Waals surface area contributed by atoms with Gasteiger partial charge in [-0.1, -0.05) is 12.5 Å². The predicted octanol–water partition coefficient (Wildman–Crippen LogP) is 3.66. The lowest BCUT2D eigenvalue weighted by atomic mass is 9.85. The van der Waals surface area contributed by atoms with Crippen LogP contribution in [0.4, 0.5) is 5.69 Å². The summed E-state index contributed by atoms with van der Waals surface area (Å²) in [4.78, 5) is 16.6. The number of hydrogen-bond donors (Lipinski definition) is 1. The zero-order chi connectivity index (χ0) is 17.9. The molecular formula is C19H20N4O3. The third-order valence-electron chi connectivity index (χ3n) is 4.44. The van der Waals surface area contributed by atoms with Crippen LogP contribution in [0.2, 0.25) is 0 Å². The maximum absolute atomic E-state index is 12.2. The van der Waals surface area contributed by atoms with Crippen molar-refractivity contribution < 1.29 is 13.9 Å². The molecule has 0 atom stereocenters. The number of anilines is 1. The number of carbonyl (C=O) groups excluding carboxylic acids is 1. The van der Waals surface area contributed by atoms with Gasteiger partial charge in [-0.25, -0.2) is 4.68 Å². The minimum absolute atomic E-state index is 0.0771. The van der Waals surface area contributed by atoms with Crippen molar-refractivity contribution in [3.8, 4) is 23.3 Å². The highest BCUT2D eigenvalue weighted by Gasteiger charge is 2.25. The fourth-order valence-electron chi connectivity index (χ4n) is 2.86. The maximum atomic E-state index is 12.2. The average Bonchev–Trinajstić information content (AvgIpc) is 3.22. The summed E-state index contributed by atoms with van der Waals surface area (Å²) in [6.07, 6.45) is 4.65. The van der Waals surface area contributed by atoms with Crippen LogP contribution in [0.25, 0.3) is 17.3 Å². The molecule has 4 rings (SSSR count). The first-order chi connectivity index (χ1) is 12.7. The van der Waals surface area contributed by atoms with Gasteiger partial charge in [0.05, 0.1) is 18.6 Å². The highest BCUT2D eigenvalue weighted by Crippen LogP contribution is 2.29. The second kappa shape index (κ2) is 7.03. The van der Waals surface area contributed by atoms with Crippen LogP contribution in [0.15, 0.2) is 47.1 Å². The van der Waals surface area contributed by atoms with Crippen LogP contribution in [0.5, 0.6) is 6.01 Å². The van der Waals surface area contributed by atoms with Crippen LogP contribution < -0.4 is 10.1 Å². The Morgan fingerprint density at radius 3 is 2.92 bits per heavy atom. The number of benzene rings is 1. The minimum Gasteiger partial charge on any atom is -0.463 e. The normalized spacial score (nSPS) is 14.0. The van der Waals surface area contributed by atoms with Crippen LogP contribution in [0.1, 0.15) is 26.2 Å². The number of amides is 1. The molecule has 134 valence electrons. The largest absolute Gasteiger partial charge is 0.463 e. The van der Waals surface area contributed by atoms with E-state index in [1.165, 1.54) is 0 Å². The van der Waals surface area contributed by atoms with Crippen molar-refractivity contribution in [2.75, 3.05) is 11.9 Å². The van der Waals surface area contributed by atoms with E-state index in [1.807, 2.05) is 37.3 Å². The van der Waals surface area contributed by atoms with E-state index in [2.05, 4.69) is 15.4 Å². The minimum atomic E-state index is 0.0771. The van der Waals surface area contributed by atoms with Crippen LogP contribution >= 0.6 is 0 Å². The molecule has 0 radical (unpaired) electrons. The Morgan fingerprint density at radius 2 is 2.23 bits per heavy atom. The molecule has 1 fully saturated rings. The molecule has 1 aliphatic carbocycles. The lowest BCUT2D eigenvalue weighted by Crippen LogP contribution is -2.28. The summed E-state index contributed by atoms with van der Waals surface area (Å²) in [6.45, 7) is 2.35. The summed E-state index contributed by atoms with van der Waals surface area (Å²) in [7, 11) is 0. The number of rotatable bonds is 6. The molecule has 1 aromatic carbocycles. The molecule has 0 bridgehead atoms. The SMILES string of the molecule is CCOc1nc(-c2ccco2)n(-c2cccc(NC(=O)C3CCC3)c2)n1. The van der Waals surface area contributed by atoms with E-state index in [4.69, 9.17) is 9.15 Å². The fraction of sp³-hybridized carbons (Fsp3) is 0.316. The summed E-state index contributed by atoms with van der Waals surface area (Å²) < 4.78 is 12.6. The zero-order valence-electron chi connectivity index (χ0n) is 14.5. The Morgan fingerprint density at radius 1 is 1.35 bits per heavy atom. The molecule has 2 aromatic heterocycles. The van der Waals surface area contributed by atoms with Gasteiger partial charge in [-0.3, -0.25) is 4.79 Å². The van der Waals surface area contributed by atoms with Gasteiger partial charge in [0.25, 0.3) is 0 Å². The van der Waals surface area contributed by atoms with Crippen molar-refractivity contribution >= 4 is 11.6 Å². The van der Waals surface area contributed by atoms with Gasteiger partial charge >= 0.3 is 6.01 Å². The first kappa shape index (κ1) is 16.4. The second-order valence-corrected chi connectivity index (χ2v) is 6.21. The summed E-state index contributed by atoms with van der Waals surface area (Å²) in [6, 6.07) is 11.4. The molecule has 0 spiro atoms. The first-order valence-electron chi connectivity index (χ1n) is 8.79. The van der Waals surface area contributed by atoms with E-state index >= 15 is 0 Å². The van der Waals surface area contributed by atoms with Crippen molar-refractivity contribution in [2.24, 2.45) is 5.92 Å². The first-order valence-corrected chi connectivity index (χ1v) is 8.79. The topological polar surface area (TPSA) is 82.2 Å². The van der Waals surface area contributed by atoms with Crippen molar-refractivity contribution in [1.29, 1.82) is 0 Å². The van der Waals surface area contributed by atoms with Crippen LogP contribution in [-0.4, -0.2) is 27.3 Å². The van der Waals surface area contributed by atoms with Gasteiger partial charge in [-0.2, -0.15) is 4.98 Å². The highest BCUT2D eigenvalue weighted by atomic mass is 16.5. The van der Waals surface area contributed by atoms with E-state index in [9.17, 15) is 4.79 Å². The van der Waals surface area contributed by atoms with Gasteiger partial charge in [0.2, 0.25) is 11.7 Å². The number of aromatic nitrogens is 3. The van der Waals surface area contributed by atoms with Crippen LogP contribution in [0.3, 0.4) is 0 Å². The van der Waals surface area contributed by atoms with Crippen molar-refractivity contribution in [3.05, 3.63) is 42.7 Å². The molecule has 1 saturated carbocycles. The van der Waals surface area contributed by atoms with Gasteiger partial charge < -0.3 is 14.5 Å². The van der Waals surface area contributed by atoms with Gasteiger partial charge in [0.1, 0.15) is 0 Å². The smallest absolute Gasteiger partial charge is 0.336 e. The number of hydrogen-bond acceptors (Lipinski definition) is 5. The lowest BCUT2D eigenvalue weighted by molar-refractivity contribution is -0.122. The monoisotopic (exact) mass is 352 g/mol. The van der Waals surface area contributed by atoms with Gasteiger partial charge in [-0.05, 0) is 50.1 Å². The third-order valence-corrected chi connectivity index (χ3v) is 4.44. The summed E-state index contributed by atoms with van der Waals surface area (Å²) >= 11 is 0. The van der Waals surface area contributed by atoms with Gasteiger partial charge in [0.15, 0.2) is 5.76 Å². The Hall–Kier alpha value is -3.09. The van der Waals surface area contributed by atoms with Crippen LogP contribution in [0, 0.1) is 5.92 Å². The molecule has 0 unspecified atom stereocenters. The molecule has 7 nitrogen and oxygen atoms in total. The molecule has 26 heavy (non-hydrogen) atoms. The highest BCUT2D eigenvalue weighted by molar-refractivity contribution is 5.93. The number of furan rings is 1. The number of nitrogens with one attached hydrogen (secondary N) is 1. The van der Waals surface area contributed by atoms with Crippen molar-refractivity contribution in [3.63, 3.8) is 0 Å². The Balaban J connectivity index is 1.66. The zero-order valence-corrected chi connectivity index (χ0v) is 14.5. The van der Waals surface area contributed by atoms with Crippen molar-refractivity contribution in [2.45, 2.75) is 26.2 Å². The Bertz CT molecular complexity index is 897. The summed E-state index contributed by atoms with van der Waals surface area (Å²) in [5, 5.41) is 7.40. The van der Waals surface area contributed by atoms with Gasteiger partial charge in [-0.15, -0.1) is 5.10 Å². The fourth-order valence-corrected chi connectivity index (χ4v) is 2.86. The number of carbonyl (C=O) groups is 1. The van der Waals surface area contributed by atoms with E-state index in [0.29, 0.717) is 18.2 Å². The third kappa shape index (κ3) is 3.20. The standard InChI is InChI=1S/C19H20N4O3/c1-2-25-19-21-17(16-10-5-11-26-16)23(22-19)15-9-4-8-14(12-15)20-18(24)13-6-3-7-13/h4-5,8-13H,2-3,6-7H2,1H3,(H,20,24).